The van der Waals surface area contributed by atoms with Crippen LogP contribution in [0.2, 0.25) is 0 Å². The summed E-state index contributed by atoms with van der Waals surface area (Å²) >= 11 is 6.16. The van der Waals surface area contributed by atoms with Crippen LogP contribution in [-0.4, -0.2) is 18.0 Å². The van der Waals surface area contributed by atoms with Gasteiger partial charge in [-0.1, -0.05) is 81.1 Å². The van der Waals surface area contributed by atoms with Gasteiger partial charge in [0.2, 0.25) is 0 Å². The lowest BCUT2D eigenvalue weighted by Crippen LogP contribution is -2.35. The van der Waals surface area contributed by atoms with Crippen molar-refractivity contribution in [2.45, 2.75) is 27.7 Å². The van der Waals surface area contributed by atoms with E-state index in [2.05, 4.69) is 26.6 Å². The molecule has 0 fully saturated rings. The van der Waals surface area contributed by atoms with Gasteiger partial charge in [0.05, 0.1) is 18.3 Å². The highest BCUT2D eigenvalue weighted by Crippen LogP contribution is 2.55. The van der Waals surface area contributed by atoms with Crippen molar-refractivity contribution < 1.29 is 9.53 Å². The normalized spacial score (nSPS) is 19.6. The van der Waals surface area contributed by atoms with Crippen molar-refractivity contribution >= 4 is 40.3 Å². The molecule has 0 aromatic heterocycles. The van der Waals surface area contributed by atoms with Gasteiger partial charge < -0.3 is 4.74 Å². The molecule has 0 saturated heterocycles. The molecule has 4 nitrogen and oxygen atoms in total. The molecule has 2 aromatic rings. The van der Waals surface area contributed by atoms with Gasteiger partial charge in [-0.15, -0.1) is 0 Å². The molecule has 0 spiro atoms. The van der Waals surface area contributed by atoms with Crippen LogP contribution in [0, 0.1) is 5.41 Å². The van der Waals surface area contributed by atoms with Crippen LogP contribution in [0.15, 0.2) is 77.3 Å². The van der Waals surface area contributed by atoms with Crippen LogP contribution in [-0.2, 0) is 21.3 Å². The molecule has 0 aliphatic carbocycles. The molecular formula is C22H25N2O2PS. The molecule has 0 N–H and O–H groups in total. The molecule has 1 atom stereocenters. The lowest BCUT2D eigenvalue weighted by molar-refractivity contribution is -0.134. The molecule has 1 aliphatic rings. The van der Waals surface area contributed by atoms with Gasteiger partial charge in [0.1, 0.15) is 0 Å². The smallest absolute Gasteiger partial charge is 0.360 e. The fourth-order valence-corrected chi connectivity index (χ4v) is 6.53. The Labute approximate surface area is 171 Å². The number of anilines is 1. The van der Waals surface area contributed by atoms with E-state index >= 15 is 0 Å². The molecule has 1 heterocycles. The van der Waals surface area contributed by atoms with Crippen LogP contribution in [0.1, 0.15) is 27.7 Å². The van der Waals surface area contributed by atoms with Crippen LogP contribution in [0.5, 0.6) is 0 Å². The first-order chi connectivity index (χ1) is 13.3. The second-order valence-corrected chi connectivity index (χ2v) is 11.8. The summed E-state index contributed by atoms with van der Waals surface area (Å²) in [5.74, 6) is 1.64. The number of carbonyl (C=O) groups excluding carboxylic acids is 1. The molecule has 1 aliphatic heterocycles. The summed E-state index contributed by atoms with van der Waals surface area (Å²) in [6.45, 7) is 8.46. The Morgan fingerprint density at radius 3 is 2.18 bits per heavy atom. The molecule has 3 rings (SSSR count). The first-order valence-electron chi connectivity index (χ1n) is 9.27. The highest BCUT2D eigenvalue weighted by molar-refractivity contribution is 8.28. The number of rotatable bonds is 4. The van der Waals surface area contributed by atoms with Gasteiger partial charge in [-0.2, -0.15) is 5.10 Å². The Morgan fingerprint density at radius 1 is 1.07 bits per heavy atom. The van der Waals surface area contributed by atoms with Crippen molar-refractivity contribution in [1.29, 1.82) is 0 Å². The van der Waals surface area contributed by atoms with Gasteiger partial charge in [0.15, 0.2) is 5.45 Å². The molecule has 0 radical (unpaired) electrons. The molecule has 0 bridgehead atoms. The van der Waals surface area contributed by atoms with Gasteiger partial charge in [0.25, 0.3) is 0 Å². The number of hydrogen-bond acceptors (Lipinski definition) is 5. The van der Waals surface area contributed by atoms with Crippen molar-refractivity contribution in [3.8, 4) is 0 Å². The summed E-state index contributed by atoms with van der Waals surface area (Å²) in [5.41, 5.74) is 1.98. The summed E-state index contributed by atoms with van der Waals surface area (Å²) in [4.78, 5) is 12.9. The van der Waals surface area contributed by atoms with E-state index in [1.54, 1.807) is 6.92 Å². The Bertz CT molecular complexity index is 963. The number of allylic oxidation sites excluding steroid dienone is 1. The average molecular weight is 412 g/mol. The van der Waals surface area contributed by atoms with Crippen LogP contribution in [0.3, 0.4) is 0 Å². The third kappa shape index (κ3) is 3.96. The van der Waals surface area contributed by atoms with Gasteiger partial charge in [0, 0.05) is 11.1 Å². The van der Waals surface area contributed by atoms with E-state index in [0.29, 0.717) is 5.45 Å². The third-order valence-corrected chi connectivity index (χ3v) is 8.45. The Kier molecular flexibility index (Phi) is 5.87. The first-order valence-corrected chi connectivity index (χ1v) is 12.1. The zero-order valence-corrected chi connectivity index (χ0v) is 18.3. The van der Waals surface area contributed by atoms with Crippen LogP contribution in [0.25, 0.3) is 0 Å². The topological polar surface area (TPSA) is 41.9 Å². The summed E-state index contributed by atoms with van der Waals surface area (Å²) in [6, 6.07) is 17.0. The van der Waals surface area contributed by atoms with E-state index in [1.165, 1.54) is 0 Å². The highest BCUT2D eigenvalue weighted by atomic mass is 32.4. The number of benzene rings is 2. The highest BCUT2D eigenvalue weighted by Gasteiger charge is 2.39. The minimum Gasteiger partial charge on any atom is -0.461 e. The lowest BCUT2D eigenvalue weighted by atomic mass is 9.92. The lowest BCUT2D eigenvalue weighted by Gasteiger charge is -2.38. The molecule has 28 heavy (non-hydrogen) atoms. The molecular weight excluding hydrogens is 387 g/mol. The van der Waals surface area contributed by atoms with Gasteiger partial charge >= 0.3 is 5.97 Å². The summed E-state index contributed by atoms with van der Waals surface area (Å²) in [6.07, 6.45) is 0. The number of carbonyl (C=O) groups is 1. The maximum absolute atomic E-state index is 12.9. The van der Waals surface area contributed by atoms with Gasteiger partial charge in [-0.05, 0) is 30.2 Å². The fraction of sp³-hybridized carbons (Fsp3) is 0.273. The number of nitrogens with zero attached hydrogens (tertiary/aromatic N) is 2. The van der Waals surface area contributed by atoms with E-state index in [1.807, 2.05) is 65.7 Å². The zero-order chi connectivity index (χ0) is 20.4. The zero-order valence-electron chi connectivity index (χ0n) is 16.6. The van der Waals surface area contributed by atoms with Crippen LogP contribution < -0.4 is 10.3 Å². The van der Waals surface area contributed by atoms with Crippen molar-refractivity contribution in [1.82, 2.24) is 0 Å². The standard InChI is InChI=1S/C22H25N2O2PS/c1-5-26-21(25)20-23-24(17-12-8-6-9-13-17)19(22(2,3)4)16-27(20,28)18-14-10-7-11-15-18/h6-16H,5H2,1-4H3. The summed E-state index contributed by atoms with van der Waals surface area (Å²) in [7, 11) is 0. The van der Waals surface area contributed by atoms with E-state index in [0.717, 1.165) is 16.7 Å². The number of hydrazone groups is 1. The summed E-state index contributed by atoms with van der Waals surface area (Å²) in [5, 5.41) is 7.57. The van der Waals surface area contributed by atoms with Crippen LogP contribution in [0.4, 0.5) is 5.69 Å². The predicted octanol–water partition coefficient (Wildman–Crippen LogP) is 5.08. The van der Waals surface area contributed by atoms with Crippen LogP contribution >= 0.6 is 6.04 Å². The quantitative estimate of drug-likeness (QED) is 0.519. The van der Waals surface area contributed by atoms with E-state index < -0.39 is 12.0 Å². The minimum absolute atomic E-state index is 0.210. The van der Waals surface area contributed by atoms with Crippen molar-refractivity contribution in [3.05, 3.63) is 72.2 Å². The van der Waals surface area contributed by atoms with Crippen molar-refractivity contribution in [3.63, 3.8) is 0 Å². The number of ether oxygens (including phenoxy) is 1. The number of esters is 1. The van der Waals surface area contributed by atoms with Crippen molar-refractivity contribution in [2.75, 3.05) is 11.6 Å². The Morgan fingerprint density at radius 2 is 1.64 bits per heavy atom. The predicted molar refractivity (Wildman–Crippen MR) is 121 cm³/mol. The average Bonchev–Trinajstić information content (AvgIpc) is 2.68. The van der Waals surface area contributed by atoms with Gasteiger partial charge in [-0.25, -0.2) is 9.80 Å². The molecule has 0 saturated carbocycles. The Balaban J connectivity index is 2.26. The fourth-order valence-electron chi connectivity index (χ4n) is 3.00. The monoisotopic (exact) mass is 412 g/mol. The van der Waals surface area contributed by atoms with E-state index in [9.17, 15) is 4.79 Å². The third-order valence-electron chi connectivity index (χ3n) is 4.41. The second kappa shape index (κ2) is 8.02. The van der Waals surface area contributed by atoms with E-state index in [4.69, 9.17) is 21.6 Å². The minimum atomic E-state index is -2.57. The Hall–Kier alpha value is -2.23. The SMILES string of the molecule is CCOC(=O)C1=NN(c2ccccc2)C(C(C)(C)C)=CP1(=S)c1ccccc1. The van der Waals surface area contributed by atoms with Gasteiger partial charge in [-0.3, -0.25) is 0 Å². The maximum atomic E-state index is 12.9. The molecule has 146 valence electrons. The van der Waals surface area contributed by atoms with E-state index in [-0.39, 0.29) is 12.0 Å². The molecule has 6 heteroatoms. The molecule has 1 unspecified atom stereocenters. The largest absolute Gasteiger partial charge is 0.461 e. The molecule has 2 aromatic carbocycles. The number of hydrogen-bond donors (Lipinski definition) is 0. The number of para-hydroxylation sites is 1. The second-order valence-electron chi connectivity index (χ2n) is 7.55. The van der Waals surface area contributed by atoms with Crippen molar-refractivity contribution in [2.24, 2.45) is 10.5 Å². The summed E-state index contributed by atoms with van der Waals surface area (Å²) < 4.78 is 5.34. The maximum Gasteiger partial charge on any atom is 0.360 e. The molecule has 0 amide bonds. The first kappa shape index (κ1) is 20.5.